The minimum absolute atomic E-state index is 0.0571. The third-order valence-electron chi connectivity index (χ3n) is 2.54. The third kappa shape index (κ3) is 10.3. The molecule has 0 bridgehead atoms. The molecule has 0 unspecified atom stereocenters. The average molecular weight is 278 g/mol. The van der Waals surface area contributed by atoms with Crippen LogP contribution in [0.2, 0.25) is 0 Å². The number of aliphatic hydroxyl groups excluding tert-OH is 1. The highest BCUT2D eigenvalue weighted by atomic mass is 16.5. The normalized spacial score (nSPS) is 12.7. The lowest BCUT2D eigenvalue weighted by Gasteiger charge is -2.00. The monoisotopic (exact) mass is 278 g/mol. The lowest BCUT2D eigenvalue weighted by molar-refractivity contribution is -0.137. The van der Waals surface area contributed by atoms with Gasteiger partial charge >= 0.3 is 5.97 Å². The Balaban J connectivity index is 4.44. The number of ether oxygens (including phenoxy) is 1. The molecule has 0 aromatic carbocycles. The Bertz CT molecular complexity index is 408. The zero-order valence-electron chi connectivity index (χ0n) is 13.0. The van der Waals surface area contributed by atoms with Gasteiger partial charge in [-0.3, -0.25) is 0 Å². The van der Waals surface area contributed by atoms with Gasteiger partial charge in [-0.2, -0.15) is 0 Å². The smallest absolute Gasteiger partial charge is 0.330 e. The van der Waals surface area contributed by atoms with E-state index in [1.54, 1.807) is 6.92 Å². The van der Waals surface area contributed by atoms with Crippen LogP contribution in [0.3, 0.4) is 0 Å². The molecule has 0 aromatic rings. The van der Waals surface area contributed by atoms with Crippen molar-refractivity contribution in [2.45, 2.75) is 40.5 Å². The van der Waals surface area contributed by atoms with Crippen molar-refractivity contribution in [2.24, 2.45) is 0 Å². The summed E-state index contributed by atoms with van der Waals surface area (Å²) in [5, 5.41) is 9.26. The summed E-state index contributed by atoms with van der Waals surface area (Å²) < 4.78 is 4.83. The topological polar surface area (TPSA) is 46.5 Å². The van der Waals surface area contributed by atoms with Gasteiger partial charge in [-0.15, -0.1) is 0 Å². The highest BCUT2D eigenvalue weighted by Gasteiger charge is 1.95. The zero-order chi connectivity index (χ0) is 15.4. The molecule has 3 nitrogen and oxygen atoms in total. The molecular weight excluding hydrogens is 252 g/mol. The Morgan fingerprint density at radius 2 is 1.95 bits per heavy atom. The predicted molar refractivity (Wildman–Crippen MR) is 83.4 cm³/mol. The van der Waals surface area contributed by atoms with Gasteiger partial charge in [0.25, 0.3) is 0 Å². The molecule has 0 aliphatic carbocycles. The van der Waals surface area contributed by atoms with Crippen molar-refractivity contribution in [3.8, 4) is 0 Å². The van der Waals surface area contributed by atoms with E-state index in [0.29, 0.717) is 6.61 Å². The van der Waals surface area contributed by atoms with Crippen molar-refractivity contribution in [3.63, 3.8) is 0 Å². The lowest BCUT2D eigenvalue weighted by atomic mass is 10.1. The molecule has 0 rings (SSSR count). The van der Waals surface area contributed by atoms with Crippen molar-refractivity contribution in [1.29, 1.82) is 0 Å². The molecule has 3 heteroatoms. The van der Waals surface area contributed by atoms with Crippen LogP contribution in [0.5, 0.6) is 0 Å². The number of allylic oxidation sites excluding steroid dienone is 6. The molecule has 0 saturated carbocycles. The molecule has 0 saturated heterocycles. The van der Waals surface area contributed by atoms with Crippen LogP contribution in [0.1, 0.15) is 40.5 Å². The van der Waals surface area contributed by atoms with Crippen LogP contribution < -0.4 is 0 Å². The van der Waals surface area contributed by atoms with Crippen molar-refractivity contribution < 1.29 is 14.6 Å². The number of hydrogen-bond donors (Lipinski definition) is 1. The van der Waals surface area contributed by atoms with Crippen LogP contribution in [-0.2, 0) is 9.53 Å². The van der Waals surface area contributed by atoms with Gasteiger partial charge in [-0.1, -0.05) is 29.9 Å². The van der Waals surface area contributed by atoms with Gasteiger partial charge in [0.15, 0.2) is 0 Å². The first-order chi connectivity index (χ1) is 9.49. The van der Waals surface area contributed by atoms with Crippen LogP contribution in [0.15, 0.2) is 47.1 Å². The largest absolute Gasteiger partial charge is 0.463 e. The van der Waals surface area contributed by atoms with Gasteiger partial charge in [-0.05, 0) is 51.7 Å². The fourth-order valence-corrected chi connectivity index (χ4v) is 1.52. The molecule has 20 heavy (non-hydrogen) atoms. The maximum atomic E-state index is 11.2. The average Bonchev–Trinajstić information content (AvgIpc) is 2.36. The number of esters is 1. The number of carbonyl (C=O) groups is 1. The summed E-state index contributed by atoms with van der Waals surface area (Å²) in [4.78, 5) is 11.2. The first-order valence-electron chi connectivity index (χ1n) is 6.95. The quantitative estimate of drug-likeness (QED) is 0.318. The van der Waals surface area contributed by atoms with Crippen LogP contribution in [0, 0.1) is 0 Å². The number of hydrogen-bond acceptors (Lipinski definition) is 3. The molecule has 0 aliphatic rings. The Kier molecular flexibility index (Phi) is 10.3. The highest BCUT2D eigenvalue weighted by molar-refractivity contribution is 5.83. The number of aliphatic hydroxyl groups is 1. The Morgan fingerprint density at radius 1 is 1.25 bits per heavy atom. The molecule has 0 atom stereocenters. The van der Waals surface area contributed by atoms with E-state index in [9.17, 15) is 9.90 Å². The van der Waals surface area contributed by atoms with Crippen LogP contribution >= 0.6 is 0 Å². The summed E-state index contributed by atoms with van der Waals surface area (Å²) in [7, 11) is 0. The molecule has 112 valence electrons. The standard InChI is InChI=1S/C17H26O3/c1-5-20-17(19)12-15(4)9-7-11-16(13-18)10-6-8-14(2)3/h7-9,11-12,18H,5-6,10,13H2,1-4H3. The van der Waals surface area contributed by atoms with E-state index in [1.807, 2.05) is 25.2 Å². The Labute approximate surface area is 122 Å². The molecular formula is C17H26O3. The van der Waals surface area contributed by atoms with Gasteiger partial charge in [0.2, 0.25) is 0 Å². The van der Waals surface area contributed by atoms with E-state index >= 15 is 0 Å². The fraction of sp³-hybridized carbons (Fsp3) is 0.471. The summed E-state index contributed by atoms with van der Waals surface area (Å²) in [5.41, 5.74) is 3.08. The second kappa shape index (κ2) is 11.2. The SMILES string of the molecule is CCOC(=O)C=C(C)C=CC=C(CO)CCC=C(C)C. The molecule has 1 N–H and O–H groups in total. The summed E-state index contributed by atoms with van der Waals surface area (Å²) >= 11 is 0. The van der Waals surface area contributed by atoms with Crippen LogP contribution in [0.4, 0.5) is 0 Å². The van der Waals surface area contributed by atoms with Crippen molar-refractivity contribution >= 4 is 5.97 Å². The van der Waals surface area contributed by atoms with E-state index < -0.39 is 0 Å². The molecule has 0 radical (unpaired) electrons. The Morgan fingerprint density at radius 3 is 2.50 bits per heavy atom. The summed E-state index contributed by atoms with van der Waals surface area (Å²) in [5.74, 6) is -0.329. The summed E-state index contributed by atoms with van der Waals surface area (Å²) in [6, 6.07) is 0. The molecule has 0 aromatic heterocycles. The van der Waals surface area contributed by atoms with Crippen molar-refractivity contribution in [2.75, 3.05) is 13.2 Å². The van der Waals surface area contributed by atoms with Crippen LogP contribution in [-0.4, -0.2) is 24.3 Å². The molecule has 0 spiro atoms. The van der Waals surface area contributed by atoms with Gasteiger partial charge in [0, 0.05) is 6.08 Å². The Hall–Kier alpha value is -1.61. The van der Waals surface area contributed by atoms with Gasteiger partial charge in [-0.25, -0.2) is 4.79 Å². The third-order valence-corrected chi connectivity index (χ3v) is 2.54. The fourth-order valence-electron chi connectivity index (χ4n) is 1.52. The van der Waals surface area contributed by atoms with Gasteiger partial charge < -0.3 is 9.84 Å². The predicted octanol–water partition coefficient (Wildman–Crippen LogP) is 3.72. The molecule has 0 heterocycles. The first-order valence-corrected chi connectivity index (χ1v) is 6.95. The van der Waals surface area contributed by atoms with E-state index in [4.69, 9.17) is 4.74 Å². The molecule has 0 fully saturated rings. The maximum absolute atomic E-state index is 11.2. The van der Waals surface area contributed by atoms with E-state index in [-0.39, 0.29) is 12.6 Å². The first kappa shape index (κ1) is 18.4. The molecule has 0 aliphatic heterocycles. The van der Waals surface area contributed by atoms with E-state index in [0.717, 1.165) is 24.0 Å². The second-order valence-corrected chi connectivity index (χ2v) is 4.80. The van der Waals surface area contributed by atoms with E-state index in [2.05, 4.69) is 19.9 Å². The van der Waals surface area contributed by atoms with E-state index in [1.165, 1.54) is 11.6 Å². The van der Waals surface area contributed by atoms with Crippen LogP contribution in [0.25, 0.3) is 0 Å². The number of rotatable bonds is 8. The van der Waals surface area contributed by atoms with Crippen molar-refractivity contribution in [3.05, 3.63) is 47.1 Å². The van der Waals surface area contributed by atoms with Gasteiger partial charge in [0.1, 0.15) is 0 Å². The minimum Gasteiger partial charge on any atom is -0.463 e. The molecule has 0 amide bonds. The summed E-state index contributed by atoms with van der Waals surface area (Å²) in [6.07, 6.45) is 10.9. The zero-order valence-corrected chi connectivity index (χ0v) is 13.0. The lowest BCUT2D eigenvalue weighted by Crippen LogP contribution is -1.99. The minimum atomic E-state index is -0.329. The second-order valence-electron chi connectivity index (χ2n) is 4.80. The number of carbonyl (C=O) groups excluding carboxylic acids is 1. The van der Waals surface area contributed by atoms with Gasteiger partial charge in [0.05, 0.1) is 13.2 Å². The maximum Gasteiger partial charge on any atom is 0.330 e. The van der Waals surface area contributed by atoms with Crippen molar-refractivity contribution in [1.82, 2.24) is 0 Å². The summed E-state index contributed by atoms with van der Waals surface area (Å²) in [6.45, 7) is 8.17. The highest BCUT2D eigenvalue weighted by Crippen LogP contribution is 2.07.